The summed E-state index contributed by atoms with van der Waals surface area (Å²) >= 11 is 0. The lowest BCUT2D eigenvalue weighted by Gasteiger charge is -2.52. The molecular weight excluding hydrogens is 454 g/mol. The average molecular weight is 492 g/mol. The van der Waals surface area contributed by atoms with Gasteiger partial charge in [-0.25, -0.2) is 0 Å². The van der Waals surface area contributed by atoms with E-state index in [1.165, 1.54) is 6.92 Å². The zero-order chi connectivity index (χ0) is 26.2. The largest absolute Gasteiger partial charge is 0.457 e. The molecule has 2 N–H and O–H groups in total. The molecule has 4 rings (SSSR count). The number of carbonyl (C=O) groups is 3. The third-order valence-corrected chi connectivity index (χ3v) is 8.49. The second-order valence-corrected chi connectivity index (χ2v) is 10.7. The highest BCUT2D eigenvalue weighted by molar-refractivity contribution is 5.89. The van der Waals surface area contributed by atoms with E-state index in [1.54, 1.807) is 12.2 Å². The Bertz CT molecular complexity index is 1090. The van der Waals surface area contributed by atoms with Crippen molar-refractivity contribution in [1.29, 1.82) is 0 Å². The summed E-state index contributed by atoms with van der Waals surface area (Å²) in [6.07, 6.45) is 6.34. The van der Waals surface area contributed by atoms with E-state index in [0.717, 1.165) is 5.56 Å². The maximum absolute atomic E-state index is 14.1. The topological polar surface area (TPSA) is 92.7 Å². The molecule has 1 heterocycles. The molecule has 2 fully saturated rings. The predicted molar refractivity (Wildman–Crippen MR) is 138 cm³/mol. The van der Waals surface area contributed by atoms with Crippen LogP contribution in [0.3, 0.4) is 0 Å². The molecule has 1 spiro atoms. The first-order valence-electron chi connectivity index (χ1n) is 12.9. The van der Waals surface area contributed by atoms with Crippen molar-refractivity contribution in [2.45, 2.75) is 58.8 Å². The Hall–Kier alpha value is -2.99. The van der Waals surface area contributed by atoms with Gasteiger partial charge < -0.3 is 15.2 Å². The highest BCUT2D eigenvalue weighted by Gasteiger charge is 2.68. The minimum atomic E-state index is -1.26. The van der Waals surface area contributed by atoms with Gasteiger partial charge in [-0.1, -0.05) is 75.9 Å². The molecule has 1 aliphatic heterocycles. The van der Waals surface area contributed by atoms with Crippen LogP contribution >= 0.6 is 0 Å². The van der Waals surface area contributed by atoms with Crippen molar-refractivity contribution in [3.8, 4) is 0 Å². The Morgan fingerprint density at radius 3 is 2.50 bits per heavy atom. The van der Waals surface area contributed by atoms with Crippen molar-refractivity contribution in [2.75, 3.05) is 0 Å². The number of Topliss-reactive ketones (excluding diaryl/α,β-unsaturated/α-hetero) is 1. The third-order valence-electron chi connectivity index (χ3n) is 8.49. The lowest BCUT2D eigenvalue weighted by Crippen LogP contribution is -2.60. The number of hydrogen-bond donors (Lipinski definition) is 2. The SMILES string of the molecule is C=C1[C@@H](C)C2[C@H](Cc3ccccc3)NC(=O)C23C(/C=C/C[C@@H](C)C(=O)[C@@H](C)/C=C/[C@H]3OC(C)=O)[C@@H]1O. The van der Waals surface area contributed by atoms with Gasteiger partial charge in [0, 0.05) is 36.6 Å². The first kappa shape index (κ1) is 26.1. The van der Waals surface area contributed by atoms with Crippen LogP contribution in [0.4, 0.5) is 0 Å². The molecule has 9 atom stereocenters. The summed E-state index contributed by atoms with van der Waals surface area (Å²) < 4.78 is 5.88. The van der Waals surface area contributed by atoms with Gasteiger partial charge in [0.15, 0.2) is 0 Å². The number of esters is 1. The van der Waals surface area contributed by atoms with E-state index in [9.17, 15) is 19.5 Å². The molecular formula is C30H37NO5. The second-order valence-electron chi connectivity index (χ2n) is 10.7. The van der Waals surface area contributed by atoms with Crippen molar-refractivity contribution in [3.05, 3.63) is 72.4 Å². The smallest absolute Gasteiger partial charge is 0.303 e. The molecule has 192 valence electrons. The van der Waals surface area contributed by atoms with Crippen LogP contribution in [-0.2, 0) is 25.5 Å². The summed E-state index contributed by atoms with van der Waals surface area (Å²) in [6.45, 7) is 11.2. The minimum Gasteiger partial charge on any atom is -0.457 e. The van der Waals surface area contributed by atoms with E-state index >= 15 is 0 Å². The van der Waals surface area contributed by atoms with Crippen LogP contribution in [0.15, 0.2) is 66.8 Å². The summed E-state index contributed by atoms with van der Waals surface area (Å²) in [5, 5.41) is 14.7. The maximum Gasteiger partial charge on any atom is 0.303 e. The van der Waals surface area contributed by atoms with E-state index < -0.39 is 35.4 Å². The molecule has 6 heteroatoms. The van der Waals surface area contributed by atoms with Crippen LogP contribution in [0.1, 0.15) is 39.7 Å². The average Bonchev–Trinajstić information content (AvgIpc) is 3.13. The van der Waals surface area contributed by atoms with E-state index in [0.29, 0.717) is 18.4 Å². The summed E-state index contributed by atoms with van der Waals surface area (Å²) in [7, 11) is 0. The molecule has 0 radical (unpaired) electrons. The quantitative estimate of drug-likeness (QED) is 0.496. The minimum absolute atomic E-state index is 0.0764. The Morgan fingerprint density at radius 1 is 1.14 bits per heavy atom. The van der Waals surface area contributed by atoms with Gasteiger partial charge >= 0.3 is 5.97 Å². The van der Waals surface area contributed by atoms with Gasteiger partial charge in [0.2, 0.25) is 5.91 Å². The van der Waals surface area contributed by atoms with Crippen LogP contribution in [0.2, 0.25) is 0 Å². The number of allylic oxidation sites excluding steroid dienone is 2. The summed E-state index contributed by atoms with van der Waals surface area (Å²) in [5.74, 6) is -2.49. The molecule has 1 aromatic carbocycles. The van der Waals surface area contributed by atoms with Crippen molar-refractivity contribution in [1.82, 2.24) is 5.32 Å². The molecule has 0 aromatic heterocycles. The molecule has 3 aliphatic rings. The zero-order valence-electron chi connectivity index (χ0n) is 21.5. The first-order chi connectivity index (χ1) is 17.1. The van der Waals surface area contributed by atoms with Crippen LogP contribution in [-0.4, -0.2) is 41.0 Å². The number of amides is 1. The van der Waals surface area contributed by atoms with Crippen LogP contribution in [0.5, 0.6) is 0 Å². The molecule has 36 heavy (non-hydrogen) atoms. The zero-order valence-corrected chi connectivity index (χ0v) is 21.5. The summed E-state index contributed by atoms with van der Waals surface area (Å²) in [5.41, 5.74) is 0.493. The van der Waals surface area contributed by atoms with Crippen molar-refractivity contribution in [3.63, 3.8) is 0 Å². The second kappa shape index (κ2) is 10.2. The molecule has 1 saturated carbocycles. The van der Waals surface area contributed by atoms with Gasteiger partial charge in [-0.2, -0.15) is 0 Å². The highest BCUT2D eigenvalue weighted by Crippen LogP contribution is 2.58. The lowest BCUT2D eigenvalue weighted by atomic mass is 9.51. The Kier molecular flexibility index (Phi) is 7.37. The van der Waals surface area contributed by atoms with E-state index in [4.69, 9.17) is 4.74 Å². The molecule has 6 nitrogen and oxygen atoms in total. The molecule has 2 aliphatic carbocycles. The molecule has 1 saturated heterocycles. The molecule has 3 unspecified atom stereocenters. The van der Waals surface area contributed by atoms with Crippen molar-refractivity contribution >= 4 is 17.7 Å². The monoisotopic (exact) mass is 491 g/mol. The summed E-state index contributed by atoms with van der Waals surface area (Å²) in [6, 6.07) is 9.71. The van der Waals surface area contributed by atoms with Crippen LogP contribution in [0.25, 0.3) is 0 Å². The normalized spacial score (nSPS) is 40.3. The van der Waals surface area contributed by atoms with Crippen molar-refractivity contribution < 1.29 is 24.2 Å². The fraction of sp³-hybridized carbons (Fsp3) is 0.500. The van der Waals surface area contributed by atoms with Gasteiger partial charge in [0.05, 0.1) is 6.10 Å². The number of ketones is 1. The Balaban J connectivity index is 1.92. The first-order valence-corrected chi connectivity index (χ1v) is 12.9. The van der Waals surface area contributed by atoms with Gasteiger partial charge in [-0.3, -0.25) is 14.4 Å². The van der Waals surface area contributed by atoms with Crippen LogP contribution < -0.4 is 5.32 Å². The number of rotatable bonds is 3. The number of hydrogen-bond acceptors (Lipinski definition) is 5. The number of benzene rings is 1. The van der Waals surface area contributed by atoms with E-state index in [2.05, 4.69) is 11.9 Å². The number of aliphatic hydroxyl groups excluding tert-OH is 1. The van der Waals surface area contributed by atoms with Crippen molar-refractivity contribution in [2.24, 2.45) is 35.0 Å². The number of ether oxygens (including phenoxy) is 1. The van der Waals surface area contributed by atoms with E-state index in [1.807, 2.05) is 63.3 Å². The van der Waals surface area contributed by atoms with Gasteiger partial charge in [-0.05, 0) is 36.0 Å². The number of carbonyl (C=O) groups excluding carboxylic acids is 3. The Morgan fingerprint density at radius 2 is 1.83 bits per heavy atom. The molecule has 1 aromatic rings. The van der Waals surface area contributed by atoms with Gasteiger partial charge in [0.1, 0.15) is 17.3 Å². The standard InChI is InChI=1S/C30H37NO5/c1-17-10-9-13-23-28(34)20(4)19(3)26-24(16-22-11-7-6-8-12-22)31-29(35)30(23,26)25(36-21(5)32)15-14-18(2)27(17)33/h6-9,11-15,17-19,23-26,28,34H,4,10,16H2,1-3,5H3,(H,31,35)/b13-9+,15-14+/t17-,18+,19-,23?,24+,25-,26?,28-,30?/m1/s1. The third kappa shape index (κ3) is 4.36. The lowest BCUT2D eigenvalue weighted by molar-refractivity contribution is -0.166. The number of aliphatic hydroxyl groups is 1. The molecule has 1 amide bonds. The maximum atomic E-state index is 14.1. The molecule has 0 bridgehead atoms. The van der Waals surface area contributed by atoms with E-state index in [-0.39, 0.29) is 35.5 Å². The summed E-state index contributed by atoms with van der Waals surface area (Å²) in [4.78, 5) is 39.4. The predicted octanol–water partition coefficient (Wildman–Crippen LogP) is 3.80. The Labute approximate surface area is 213 Å². The van der Waals surface area contributed by atoms with Gasteiger partial charge in [-0.15, -0.1) is 0 Å². The fourth-order valence-corrected chi connectivity index (χ4v) is 6.65. The number of nitrogens with one attached hydrogen (secondary N) is 1. The van der Waals surface area contributed by atoms with Gasteiger partial charge in [0.25, 0.3) is 0 Å². The highest BCUT2D eigenvalue weighted by atomic mass is 16.5. The van der Waals surface area contributed by atoms with Crippen LogP contribution in [0, 0.1) is 35.0 Å². The fourth-order valence-electron chi connectivity index (χ4n) is 6.65.